The van der Waals surface area contributed by atoms with Crippen LogP contribution in [0.4, 0.5) is 10.5 Å². The summed E-state index contributed by atoms with van der Waals surface area (Å²) in [5.41, 5.74) is 8.63. The van der Waals surface area contributed by atoms with Gasteiger partial charge in [-0.2, -0.15) is 0 Å². The first-order chi connectivity index (χ1) is 10.3. The molecule has 0 saturated carbocycles. The first-order valence-electron chi connectivity index (χ1n) is 7.51. The van der Waals surface area contributed by atoms with Crippen molar-refractivity contribution in [2.45, 2.75) is 39.3 Å². The van der Waals surface area contributed by atoms with Gasteiger partial charge in [0.25, 0.3) is 0 Å². The maximum absolute atomic E-state index is 11.6. The Morgan fingerprint density at radius 2 is 2.18 bits per heavy atom. The average Bonchev–Trinajstić information content (AvgIpc) is 2.41. The van der Waals surface area contributed by atoms with Crippen LogP contribution in [0.3, 0.4) is 0 Å². The maximum Gasteiger partial charge on any atom is 0.407 e. The van der Waals surface area contributed by atoms with Gasteiger partial charge in [-0.25, -0.2) is 4.79 Å². The van der Waals surface area contributed by atoms with E-state index >= 15 is 0 Å². The normalized spacial score (nSPS) is 15.3. The number of carbonyl (C=O) groups excluding carboxylic acids is 1. The molecule has 1 heterocycles. The molecule has 0 bridgehead atoms. The molecule has 6 heteroatoms. The van der Waals surface area contributed by atoms with Crippen molar-refractivity contribution >= 4 is 23.4 Å². The lowest BCUT2D eigenvalue weighted by Gasteiger charge is -2.30. The molecule has 0 saturated heterocycles. The number of nitrogens with two attached hydrogens (primary N) is 1. The van der Waals surface area contributed by atoms with E-state index in [-0.39, 0.29) is 6.09 Å². The molecule has 22 heavy (non-hydrogen) atoms. The molecule has 0 spiro atoms. The third-order valence-electron chi connectivity index (χ3n) is 3.57. The van der Waals surface area contributed by atoms with Gasteiger partial charge >= 0.3 is 6.09 Å². The van der Waals surface area contributed by atoms with Crippen LogP contribution in [0.1, 0.15) is 31.9 Å². The highest BCUT2D eigenvalue weighted by atomic mass is 35.5. The Balaban J connectivity index is 1.82. The second-order valence-electron chi connectivity index (χ2n) is 6.55. The summed E-state index contributed by atoms with van der Waals surface area (Å²) in [5.74, 6) is 0. The van der Waals surface area contributed by atoms with E-state index in [1.165, 1.54) is 5.56 Å². The molecule has 0 radical (unpaired) electrons. The summed E-state index contributed by atoms with van der Waals surface area (Å²) < 4.78 is 5.21. The van der Waals surface area contributed by atoms with Gasteiger partial charge in [0.05, 0.1) is 10.7 Å². The van der Waals surface area contributed by atoms with E-state index in [0.717, 1.165) is 31.6 Å². The lowest BCUT2D eigenvalue weighted by molar-refractivity contribution is 0.0521. The highest BCUT2D eigenvalue weighted by Gasteiger charge is 2.20. The summed E-state index contributed by atoms with van der Waals surface area (Å²) in [6, 6.07) is 3.87. The van der Waals surface area contributed by atoms with Gasteiger partial charge < -0.3 is 15.8 Å². The maximum atomic E-state index is 11.6. The van der Waals surface area contributed by atoms with Crippen molar-refractivity contribution in [2.24, 2.45) is 0 Å². The molecule has 0 aliphatic carbocycles. The minimum absolute atomic E-state index is 0.374. The Morgan fingerprint density at radius 3 is 2.86 bits per heavy atom. The van der Waals surface area contributed by atoms with Crippen LogP contribution < -0.4 is 11.1 Å². The van der Waals surface area contributed by atoms with Crippen molar-refractivity contribution in [3.63, 3.8) is 0 Å². The van der Waals surface area contributed by atoms with E-state index in [1.54, 1.807) is 0 Å². The van der Waals surface area contributed by atoms with Crippen molar-refractivity contribution in [2.75, 3.05) is 25.4 Å². The van der Waals surface area contributed by atoms with Gasteiger partial charge in [0, 0.05) is 26.2 Å². The number of fused-ring (bicyclic) bond motifs is 1. The summed E-state index contributed by atoms with van der Waals surface area (Å²) in [7, 11) is 0. The van der Waals surface area contributed by atoms with Gasteiger partial charge in [-0.3, -0.25) is 4.90 Å². The number of anilines is 1. The molecule has 2 rings (SSSR count). The fraction of sp³-hybridized carbons (Fsp3) is 0.562. The second-order valence-corrected chi connectivity index (χ2v) is 6.96. The van der Waals surface area contributed by atoms with Gasteiger partial charge in [0.2, 0.25) is 0 Å². The lowest BCUT2D eigenvalue weighted by atomic mass is 9.98. The second kappa shape index (κ2) is 6.75. The van der Waals surface area contributed by atoms with Crippen LogP contribution in [0.5, 0.6) is 0 Å². The van der Waals surface area contributed by atoms with E-state index in [2.05, 4.69) is 10.2 Å². The van der Waals surface area contributed by atoms with Gasteiger partial charge in [0.1, 0.15) is 5.60 Å². The highest BCUT2D eigenvalue weighted by Crippen LogP contribution is 2.29. The molecule has 1 aromatic carbocycles. The number of hydrogen-bond acceptors (Lipinski definition) is 4. The number of carbonyl (C=O) groups is 1. The molecule has 0 unspecified atom stereocenters. The Hall–Kier alpha value is -1.46. The molecule has 1 aromatic rings. The summed E-state index contributed by atoms with van der Waals surface area (Å²) in [6.07, 6.45) is 0.509. The average molecular weight is 326 g/mol. The van der Waals surface area contributed by atoms with Gasteiger partial charge in [-0.15, -0.1) is 0 Å². The smallest absolute Gasteiger partial charge is 0.407 e. The van der Waals surface area contributed by atoms with Gasteiger partial charge in [-0.05, 0) is 44.4 Å². The predicted molar refractivity (Wildman–Crippen MR) is 89.1 cm³/mol. The molecule has 1 aliphatic rings. The minimum atomic E-state index is -0.467. The van der Waals surface area contributed by atoms with Crippen molar-refractivity contribution in [1.82, 2.24) is 10.2 Å². The number of rotatable bonds is 3. The van der Waals surface area contributed by atoms with Crippen LogP contribution in [0.25, 0.3) is 0 Å². The summed E-state index contributed by atoms with van der Waals surface area (Å²) in [4.78, 5) is 13.9. The monoisotopic (exact) mass is 325 g/mol. The largest absolute Gasteiger partial charge is 0.444 e. The molecule has 1 amide bonds. The zero-order chi connectivity index (χ0) is 16.3. The molecule has 3 N–H and O–H groups in total. The summed E-state index contributed by atoms with van der Waals surface area (Å²) in [5, 5.41) is 3.41. The van der Waals surface area contributed by atoms with Crippen LogP contribution >= 0.6 is 11.6 Å². The standard InChI is InChI=1S/C16H24ClN3O2/c1-16(2,3)22-15(21)19-7-9-20-8-6-12-11(10-20)4-5-13(17)14(12)18/h4-5H,6-10,18H2,1-3H3,(H,19,21). The van der Waals surface area contributed by atoms with Crippen molar-refractivity contribution < 1.29 is 9.53 Å². The molecule has 5 nitrogen and oxygen atoms in total. The summed E-state index contributed by atoms with van der Waals surface area (Å²) in [6.45, 7) is 8.63. The Labute approximate surface area is 136 Å². The van der Waals surface area contributed by atoms with Crippen LogP contribution in [-0.4, -0.2) is 36.2 Å². The number of amides is 1. The molecule has 0 atom stereocenters. The Morgan fingerprint density at radius 1 is 1.45 bits per heavy atom. The zero-order valence-corrected chi connectivity index (χ0v) is 14.2. The topological polar surface area (TPSA) is 67.6 Å². The number of hydrogen-bond donors (Lipinski definition) is 2. The van der Waals surface area contributed by atoms with E-state index in [9.17, 15) is 4.79 Å². The van der Waals surface area contributed by atoms with Crippen molar-refractivity contribution in [1.29, 1.82) is 0 Å². The van der Waals surface area contributed by atoms with Crippen LogP contribution in [0, 0.1) is 0 Å². The molecule has 0 fully saturated rings. The van der Waals surface area contributed by atoms with Crippen LogP contribution in [-0.2, 0) is 17.7 Å². The SMILES string of the molecule is CC(C)(C)OC(=O)NCCN1CCc2c(ccc(Cl)c2N)C1. The van der Waals surface area contributed by atoms with E-state index in [0.29, 0.717) is 17.3 Å². The third-order valence-corrected chi connectivity index (χ3v) is 3.90. The Bertz CT molecular complexity index is 555. The van der Waals surface area contributed by atoms with E-state index < -0.39 is 5.60 Å². The first kappa shape index (κ1) is 16.9. The fourth-order valence-corrected chi connectivity index (χ4v) is 2.71. The van der Waals surface area contributed by atoms with Gasteiger partial charge in [0.15, 0.2) is 0 Å². The summed E-state index contributed by atoms with van der Waals surface area (Å²) >= 11 is 6.05. The van der Waals surface area contributed by atoms with Crippen molar-refractivity contribution in [3.8, 4) is 0 Å². The molecule has 122 valence electrons. The Kier molecular flexibility index (Phi) is 5.19. The van der Waals surface area contributed by atoms with E-state index in [4.69, 9.17) is 22.1 Å². The van der Waals surface area contributed by atoms with Crippen LogP contribution in [0.15, 0.2) is 12.1 Å². The molecular formula is C16H24ClN3O2. The number of nitrogens with one attached hydrogen (secondary N) is 1. The number of ether oxygens (including phenoxy) is 1. The lowest BCUT2D eigenvalue weighted by Crippen LogP contribution is -2.39. The van der Waals surface area contributed by atoms with Gasteiger partial charge in [-0.1, -0.05) is 17.7 Å². The third kappa shape index (κ3) is 4.52. The first-order valence-corrected chi connectivity index (χ1v) is 7.89. The molecule has 0 aromatic heterocycles. The number of nitrogens with zero attached hydrogens (tertiary/aromatic N) is 1. The number of halogens is 1. The molecular weight excluding hydrogens is 302 g/mol. The quantitative estimate of drug-likeness (QED) is 0.839. The van der Waals surface area contributed by atoms with E-state index in [1.807, 2.05) is 32.9 Å². The van der Waals surface area contributed by atoms with Crippen LogP contribution in [0.2, 0.25) is 5.02 Å². The fourth-order valence-electron chi connectivity index (χ4n) is 2.54. The number of alkyl carbamates (subject to hydrolysis) is 1. The zero-order valence-electron chi connectivity index (χ0n) is 13.4. The number of benzene rings is 1. The van der Waals surface area contributed by atoms with Crippen molar-refractivity contribution in [3.05, 3.63) is 28.3 Å². The number of nitrogen functional groups attached to an aromatic ring is 1. The predicted octanol–water partition coefficient (Wildman–Crippen LogP) is 2.81. The molecule has 1 aliphatic heterocycles. The minimum Gasteiger partial charge on any atom is -0.444 e. The highest BCUT2D eigenvalue weighted by molar-refractivity contribution is 6.33.